The van der Waals surface area contributed by atoms with Crippen LogP contribution in [-0.4, -0.2) is 24.5 Å². The van der Waals surface area contributed by atoms with Crippen LogP contribution < -0.4 is 0 Å². The summed E-state index contributed by atoms with van der Waals surface area (Å²) in [5.41, 5.74) is -0.0798. The van der Waals surface area contributed by atoms with Crippen LogP contribution in [0.4, 0.5) is 17.6 Å². The van der Waals surface area contributed by atoms with E-state index >= 15 is 0 Å². The lowest BCUT2D eigenvalue weighted by atomic mass is 10.1. The number of aliphatic hydroxyl groups excluding tert-OH is 1. The molecule has 0 spiro atoms. The van der Waals surface area contributed by atoms with Gasteiger partial charge >= 0.3 is 6.18 Å². The lowest BCUT2D eigenvalue weighted by Gasteiger charge is -2.14. The molecule has 1 unspecified atom stereocenters. The molecule has 0 aliphatic rings. The standard InChI is InChI=1S/C11H10BrClF4O2/c12-7-4-9(14)6(3-8(7)13)10(18)1-2-19-5-11(15,16)17/h3-4,10,18H,1-2,5H2. The number of rotatable bonds is 5. The minimum atomic E-state index is -4.42. The summed E-state index contributed by atoms with van der Waals surface area (Å²) >= 11 is 8.76. The zero-order valence-electron chi connectivity index (χ0n) is 9.48. The van der Waals surface area contributed by atoms with Gasteiger partial charge in [0.2, 0.25) is 0 Å². The van der Waals surface area contributed by atoms with Gasteiger partial charge in [-0.3, -0.25) is 0 Å². The zero-order chi connectivity index (χ0) is 14.6. The summed E-state index contributed by atoms with van der Waals surface area (Å²) < 4.78 is 53.6. The lowest BCUT2D eigenvalue weighted by Crippen LogP contribution is -2.18. The van der Waals surface area contributed by atoms with Gasteiger partial charge in [-0.05, 0) is 28.1 Å². The minimum Gasteiger partial charge on any atom is -0.388 e. The van der Waals surface area contributed by atoms with Gasteiger partial charge in [-0.1, -0.05) is 11.6 Å². The predicted molar refractivity (Wildman–Crippen MR) is 65.6 cm³/mol. The highest BCUT2D eigenvalue weighted by Gasteiger charge is 2.27. The molecular weight excluding hydrogens is 355 g/mol. The fraction of sp³-hybridized carbons (Fsp3) is 0.455. The largest absolute Gasteiger partial charge is 0.411 e. The normalized spacial score (nSPS) is 13.6. The van der Waals surface area contributed by atoms with Gasteiger partial charge in [0, 0.05) is 23.1 Å². The highest BCUT2D eigenvalue weighted by atomic mass is 79.9. The van der Waals surface area contributed by atoms with Crippen LogP contribution in [0, 0.1) is 5.82 Å². The number of hydrogen-bond acceptors (Lipinski definition) is 2. The highest BCUT2D eigenvalue weighted by molar-refractivity contribution is 9.10. The minimum absolute atomic E-state index is 0.0798. The topological polar surface area (TPSA) is 29.5 Å². The van der Waals surface area contributed by atoms with Crippen LogP contribution in [0.25, 0.3) is 0 Å². The van der Waals surface area contributed by atoms with E-state index < -0.39 is 24.7 Å². The van der Waals surface area contributed by atoms with Gasteiger partial charge in [-0.2, -0.15) is 13.2 Å². The SMILES string of the molecule is OC(CCOCC(F)(F)F)c1cc(Cl)c(Br)cc1F. The van der Waals surface area contributed by atoms with Crippen LogP contribution in [0.3, 0.4) is 0 Å². The van der Waals surface area contributed by atoms with Crippen molar-refractivity contribution in [2.24, 2.45) is 0 Å². The predicted octanol–water partition coefficient (Wildman–Crippen LogP) is 4.24. The first-order chi connectivity index (χ1) is 8.70. The number of ether oxygens (including phenoxy) is 1. The Kier molecular flexibility index (Phi) is 6.04. The zero-order valence-corrected chi connectivity index (χ0v) is 11.8. The van der Waals surface area contributed by atoms with Crippen molar-refractivity contribution in [2.45, 2.75) is 18.7 Å². The van der Waals surface area contributed by atoms with E-state index in [9.17, 15) is 22.7 Å². The van der Waals surface area contributed by atoms with Crippen molar-refractivity contribution in [3.63, 3.8) is 0 Å². The first kappa shape index (κ1) is 16.7. The van der Waals surface area contributed by atoms with E-state index in [1.54, 1.807) is 0 Å². The third kappa shape index (κ3) is 5.64. The highest BCUT2D eigenvalue weighted by Crippen LogP contribution is 2.30. The molecule has 19 heavy (non-hydrogen) atoms. The van der Waals surface area contributed by atoms with E-state index in [4.69, 9.17) is 11.6 Å². The molecule has 1 aromatic rings. The molecule has 0 aromatic heterocycles. The first-order valence-electron chi connectivity index (χ1n) is 5.17. The molecule has 108 valence electrons. The monoisotopic (exact) mass is 364 g/mol. The van der Waals surface area contributed by atoms with Gasteiger partial charge in [-0.25, -0.2) is 4.39 Å². The van der Waals surface area contributed by atoms with E-state index in [0.717, 1.165) is 6.07 Å². The van der Waals surface area contributed by atoms with Crippen LogP contribution in [0.2, 0.25) is 5.02 Å². The maximum absolute atomic E-state index is 13.5. The van der Waals surface area contributed by atoms with Crippen molar-refractivity contribution in [1.29, 1.82) is 0 Å². The molecule has 0 radical (unpaired) electrons. The van der Waals surface area contributed by atoms with Gasteiger partial charge in [0.15, 0.2) is 0 Å². The van der Waals surface area contributed by atoms with E-state index in [0.29, 0.717) is 4.47 Å². The summed E-state index contributed by atoms with van der Waals surface area (Å²) in [7, 11) is 0. The summed E-state index contributed by atoms with van der Waals surface area (Å²) in [6.07, 6.45) is -5.86. The molecule has 0 saturated heterocycles. The molecule has 1 N–H and O–H groups in total. The Labute approximate surface area is 120 Å². The molecule has 0 amide bonds. The van der Waals surface area contributed by atoms with Crippen molar-refractivity contribution in [2.75, 3.05) is 13.2 Å². The van der Waals surface area contributed by atoms with Crippen LogP contribution in [0.5, 0.6) is 0 Å². The average Bonchev–Trinajstić information content (AvgIpc) is 2.28. The quantitative estimate of drug-likeness (QED) is 0.480. The molecule has 1 rings (SSSR count). The number of benzene rings is 1. The Morgan fingerprint density at radius 1 is 1.37 bits per heavy atom. The van der Waals surface area contributed by atoms with Gasteiger partial charge in [-0.15, -0.1) is 0 Å². The van der Waals surface area contributed by atoms with E-state index in [-0.39, 0.29) is 23.6 Å². The summed E-state index contributed by atoms with van der Waals surface area (Å²) in [5, 5.41) is 9.87. The van der Waals surface area contributed by atoms with Crippen LogP contribution in [0.15, 0.2) is 16.6 Å². The molecule has 1 atom stereocenters. The fourth-order valence-corrected chi connectivity index (χ4v) is 1.82. The Morgan fingerprint density at radius 2 is 2.00 bits per heavy atom. The van der Waals surface area contributed by atoms with E-state index in [1.807, 2.05) is 0 Å². The maximum atomic E-state index is 13.5. The molecule has 0 aliphatic heterocycles. The van der Waals surface area contributed by atoms with Crippen LogP contribution >= 0.6 is 27.5 Å². The Balaban J connectivity index is 2.54. The molecule has 0 bridgehead atoms. The van der Waals surface area contributed by atoms with Crippen molar-refractivity contribution in [3.8, 4) is 0 Å². The second-order valence-electron chi connectivity index (χ2n) is 3.76. The molecular formula is C11H10BrClF4O2. The second-order valence-corrected chi connectivity index (χ2v) is 5.02. The third-order valence-electron chi connectivity index (χ3n) is 2.20. The number of alkyl halides is 3. The van der Waals surface area contributed by atoms with Gasteiger partial charge in [0.05, 0.1) is 11.1 Å². The molecule has 2 nitrogen and oxygen atoms in total. The molecule has 1 aromatic carbocycles. The van der Waals surface area contributed by atoms with Crippen LogP contribution in [0.1, 0.15) is 18.1 Å². The third-order valence-corrected chi connectivity index (χ3v) is 3.40. The summed E-state index contributed by atoms with van der Waals surface area (Å²) in [4.78, 5) is 0. The van der Waals surface area contributed by atoms with Crippen molar-refractivity contribution >= 4 is 27.5 Å². The first-order valence-corrected chi connectivity index (χ1v) is 6.35. The molecule has 0 aliphatic carbocycles. The summed E-state index contributed by atoms with van der Waals surface area (Å²) in [6, 6.07) is 2.30. The van der Waals surface area contributed by atoms with Gasteiger partial charge in [0.25, 0.3) is 0 Å². The lowest BCUT2D eigenvalue weighted by molar-refractivity contribution is -0.175. The molecule has 8 heteroatoms. The number of halogens is 6. The van der Waals surface area contributed by atoms with Crippen molar-refractivity contribution in [3.05, 3.63) is 33.0 Å². The smallest absolute Gasteiger partial charge is 0.388 e. The fourth-order valence-electron chi connectivity index (χ4n) is 1.33. The second kappa shape index (κ2) is 6.88. The van der Waals surface area contributed by atoms with Gasteiger partial charge < -0.3 is 9.84 Å². The van der Waals surface area contributed by atoms with E-state index in [1.165, 1.54) is 6.07 Å². The van der Waals surface area contributed by atoms with E-state index in [2.05, 4.69) is 20.7 Å². The summed E-state index contributed by atoms with van der Waals surface area (Å²) in [6.45, 7) is -1.74. The average molecular weight is 366 g/mol. The number of hydrogen-bond donors (Lipinski definition) is 1. The Hall–Kier alpha value is -0.370. The molecule has 0 saturated carbocycles. The Morgan fingerprint density at radius 3 is 2.58 bits per heavy atom. The van der Waals surface area contributed by atoms with Gasteiger partial charge in [0.1, 0.15) is 12.4 Å². The summed E-state index contributed by atoms with van der Waals surface area (Å²) in [5.74, 6) is -0.695. The van der Waals surface area contributed by atoms with Crippen molar-refractivity contribution in [1.82, 2.24) is 0 Å². The maximum Gasteiger partial charge on any atom is 0.411 e. The van der Waals surface area contributed by atoms with Crippen LogP contribution in [-0.2, 0) is 4.74 Å². The van der Waals surface area contributed by atoms with Crippen molar-refractivity contribution < 1.29 is 27.4 Å². The number of aliphatic hydroxyl groups is 1. The molecule has 0 fully saturated rings. The Bertz CT molecular complexity index is 439. The molecule has 0 heterocycles.